The van der Waals surface area contributed by atoms with Gasteiger partial charge in [-0.1, -0.05) is 0 Å². The highest BCUT2D eigenvalue weighted by atomic mass is 16.5. The van der Waals surface area contributed by atoms with Crippen LogP contribution in [0.2, 0.25) is 0 Å². The van der Waals surface area contributed by atoms with Crippen molar-refractivity contribution in [2.45, 2.75) is 0 Å². The fraction of sp³-hybridized carbons (Fsp3) is 0.278. The average molecular weight is 373 g/mol. The number of carbonyl (C=O) groups is 1. The predicted molar refractivity (Wildman–Crippen MR) is 95.9 cm³/mol. The highest BCUT2D eigenvalue weighted by molar-refractivity contribution is 5.93. The molecule has 0 atom stereocenters. The summed E-state index contributed by atoms with van der Waals surface area (Å²) < 4.78 is 21.0. The van der Waals surface area contributed by atoms with Crippen LogP contribution >= 0.6 is 0 Å². The van der Waals surface area contributed by atoms with Gasteiger partial charge in [0.05, 0.1) is 39.2 Å². The second-order valence-corrected chi connectivity index (χ2v) is 5.44. The van der Waals surface area contributed by atoms with Crippen LogP contribution in [0.1, 0.15) is 10.4 Å². The van der Waals surface area contributed by atoms with Gasteiger partial charge in [0.2, 0.25) is 5.75 Å². The van der Waals surface area contributed by atoms with Gasteiger partial charge in [-0.2, -0.15) is 4.80 Å². The maximum atomic E-state index is 11.7. The van der Waals surface area contributed by atoms with Crippen molar-refractivity contribution in [1.82, 2.24) is 15.0 Å². The van der Waals surface area contributed by atoms with Gasteiger partial charge >= 0.3 is 5.97 Å². The molecule has 0 aliphatic carbocycles. The zero-order valence-electron chi connectivity index (χ0n) is 15.1. The van der Waals surface area contributed by atoms with Crippen LogP contribution in [-0.4, -0.2) is 60.6 Å². The number of ether oxygens (including phenoxy) is 4. The van der Waals surface area contributed by atoms with Gasteiger partial charge in [0.1, 0.15) is 17.6 Å². The maximum absolute atomic E-state index is 11.7. The number of aromatic nitrogens is 3. The number of esters is 1. The lowest BCUT2D eigenvalue weighted by atomic mass is 10.2. The number of hydrogen-bond acceptors (Lipinski definition) is 8. The van der Waals surface area contributed by atoms with Crippen molar-refractivity contribution >= 4 is 17.0 Å². The Bertz CT molecular complexity index is 944. The van der Waals surface area contributed by atoms with E-state index in [1.54, 1.807) is 30.3 Å². The van der Waals surface area contributed by atoms with E-state index in [0.29, 0.717) is 39.5 Å². The Hall–Kier alpha value is -3.33. The van der Waals surface area contributed by atoms with Crippen LogP contribution in [-0.2, 0) is 4.74 Å². The molecule has 0 unspecified atom stereocenters. The Morgan fingerprint density at radius 3 is 2.30 bits per heavy atom. The van der Waals surface area contributed by atoms with Crippen LogP contribution in [0.4, 0.5) is 0 Å². The summed E-state index contributed by atoms with van der Waals surface area (Å²) in [4.78, 5) is 13.1. The van der Waals surface area contributed by atoms with Crippen molar-refractivity contribution in [3.05, 3.63) is 35.9 Å². The molecule has 2 aromatic carbocycles. The summed E-state index contributed by atoms with van der Waals surface area (Å²) in [6.45, 7) is -0.0328. The third-order valence-electron chi connectivity index (χ3n) is 3.82. The van der Waals surface area contributed by atoms with Gasteiger partial charge in [-0.15, -0.1) is 10.2 Å². The molecule has 0 aliphatic rings. The largest absolute Gasteiger partial charge is 0.493 e. The van der Waals surface area contributed by atoms with Gasteiger partial charge in [-0.05, 0) is 18.2 Å². The molecule has 0 aliphatic heterocycles. The zero-order chi connectivity index (χ0) is 19.4. The minimum atomic E-state index is -0.444. The first-order valence-electron chi connectivity index (χ1n) is 8.06. The highest BCUT2D eigenvalue weighted by Gasteiger charge is 2.17. The molecule has 0 radical (unpaired) electrons. The van der Waals surface area contributed by atoms with Gasteiger partial charge in [-0.3, -0.25) is 0 Å². The van der Waals surface area contributed by atoms with E-state index >= 15 is 0 Å². The van der Waals surface area contributed by atoms with E-state index in [1.807, 2.05) is 0 Å². The number of carbonyl (C=O) groups excluding carboxylic acids is 1. The van der Waals surface area contributed by atoms with Crippen LogP contribution in [0.15, 0.2) is 30.3 Å². The Balaban J connectivity index is 2.06. The number of benzene rings is 2. The van der Waals surface area contributed by atoms with E-state index in [1.165, 1.54) is 26.1 Å². The van der Waals surface area contributed by atoms with Crippen LogP contribution in [0.3, 0.4) is 0 Å². The highest BCUT2D eigenvalue weighted by Crippen LogP contribution is 2.39. The van der Waals surface area contributed by atoms with E-state index in [4.69, 9.17) is 24.1 Å². The minimum Gasteiger partial charge on any atom is -0.493 e. The molecule has 0 saturated heterocycles. The van der Waals surface area contributed by atoms with Crippen LogP contribution in [0.5, 0.6) is 17.2 Å². The molecule has 0 amide bonds. The van der Waals surface area contributed by atoms with Crippen LogP contribution < -0.4 is 14.2 Å². The van der Waals surface area contributed by atoms with Gasteiger partial charge in [-0.25, -0.2) is 4.79 Å². The molecule has 9 nitrogen and oxygen atoms in total. The van der Waals surface area contributed by atoms with E-state index in [2.05, 4.69) is 10.2 Å². The third kappa shape index (κ3) is 3.63. The SMILES string of the molecule is COC(=O)c1ccc2nn(-c3cc(OC)c(OCCO)c(OC)c3)nc2c1. The first-order chi connectivity index (χ1) is 13.1. The fourth-order valence-corrected chi connectivity index (χ4v) is 2.55. The molecular weight excluding hydrogens is 354 g/mol. The number of nitrogens with zero attached hydrogens (tertiary/aromatic N) is 3. The number of aliphatic hydroxyl groups excluding tert-OH is 1. The van der Waals surface area contributed by atoms with Crippen molar-refractivity contribution in [3.63, 3.8) is 0 Å². The third-order valence-corrected chi connectivity index (χ3v) is 3.82. The Kier molecular flexibility index (Phi) is 5.41. The zero-order valence-corrected chi connectivity index (χ0v) is 15.1. The molecule has 0 saturated carbocycles. The first-order valence-corrected chi connectivity index (χ1v) is 8.06. The molecule has 0 spiro atoms. The van der Waals surface area contributed by atoms with Gasteiger partial charge in [0.15, 0.2) is 11.5 Å². The summed E-state index contributed by atoms with van der Waals surface area (Å²) in [5, 5.41) is 17.8. The lowest BCUT2D eigenvalue weighted by Gasteiger charge is -2.15. The summed E-state index contributed by atoms with van der Waals surface area (Å²) in [5.41, 5.74) is 2.12. The van der Waals surface area contributed by atoms with Crippen molar-refractivity contribution in [3.8, 4) is 22.9 Å². The molecule has 0 bridgehead atoms. The second-order valence-electron chi connectivity index (χ2n) is 5.44. The smallest absolute Gasteiger partial charge is 0.337 e. The van der Waals surface area contributed by atoms with Crippen LogP contribution in [0.25, 0.3) is 16.7 Å². The monoisotopic (exact) mass is 373 g/mol. The quantitative estimate of drug-likeness (QED) is 0.623. The molecular formula is C18H19N3O6. The first kappa shape index (κ1) is 18.5. The van der Waals surface area contributed by atoms with Gasteiger partial charge in [0, 0.05) is 12.1 Å². The summed E-state index contributed by atoms with van der Waals surface area (Å²) in [5.74, 6) is 0.756. The lowest BCUT2D eigenvalue weighted by molar-refractivity contribution is 0.0601. The molecule has 0 fully saturated rings. The number of hydrogen-bond donors (Lipinski definition) is 1. The number of fused-ring (bicyclic) bond motifs is 1. The molecule has 9 heteroatoms. The Morgan fingerprint density at radius 1 is 1.04 bits per heavy atom. The number of rotatable bonds is 7. The van der Waals surface area contributed by atoms with E-state index in [-0.39, 0.29) is 13.2 Å². The molecule has 1 aromatic heterocycles. The van der Waals surface area contributed by atoms with E-state index in [0.717, 1.165) is 0 Å². The summed E-state index contributed by atoms with van der Waals surface area (Å²) in [7, 11) is 4.32. The van der Waals surface area contributed by atoms with Crippen molar-refractivity contribution in [2.24, 2.45) is 0 Å². The van der Waals surface area contributed by atoms with Crippen molar-refractivity contribution < 1.29 is 28.8 Å². The second kappa shape index (κ2) is 7.92. The van der Waals surface area contributed by atoms with Crippen LogP contribution in [0, 0.1) is 0 Å². The maximum Gasteiger partial charge on any atom is 0.337 e. The molecule has 27 heavy (non-hydrogen) atoms. The summed E-state index contributed by atoms with van der Waals surface area (Å²) in [6.07, 6.45) is 0. The molecule has 142 valence electrons. The Labute approximate surface area is 155 Å². The average Bonchev–Trinajstić information content (AvgIpc) is 3.14. The van der Waals surface area contributed by atoms with Crippen molar-refractivity contribution in [2.75, 3.05) is 34.5 Å². The van der Waals surface area contributed by atoms with E-state index in [9.17, 15) is 4.79 Å². The van der Waals surface area contributed by atoms with Gasteiger partial charge < -0.3 is 24.1 Å². The summed E-state index contributed by atoms with van der Waals surface area (Å²) >= 11 is 0. The van der Waals surface area contributed by atoms with Crippen molar-refractivity contribution in [1.29, 1.82) is 0 Å². The van der Waals surface area contributed by atoms with Gasteiger partial charge in [0.25, 0.3) is 0 Å². The molecule has 1 heterocycles. The fourth-order valence-electron chi connectivity index (χ4n) is 2.55. The number of aliphatic hydroxyl groups is 1. The predicted octanol–water partition coefficient (Wildman–Crippen LogP) is 1.60. The standard InChI is InChI=1S/C18H19N3O6/c1-24-15-9-12(10-16(25-2)17(15)27-7-6-22)21-19-13-5-4-11(18(23)26-3)8-14(13)20-21/h4-5,8-10,22H,6-7H2,1-3H3. The molecule has 1 N–H and O–H groups in total. The normalized spacial score (nSPS) is 10.7. The molecule has 3 aromatic rings. The number of methoxy groups -OCH3 is 3. The topological polar surface area (TPSA) is 105 Å². The summed E-state index contributed by atoms with van der Waals surface area (Å²) in [6, 6.07) is 8.31. The van der Waals surface area contributed by atoms with E-state index < -0.39 is 5.97 Å². The lowest BCUT2D eigenvalue weighted by Crippen LogP contribution is -2.06. The Morgan fingerprint density at radius 2 is 1.70 bits per heavy atom. The molecule has 3 rings (SSSR count). The minimum absolute atomic E-state index is 0.103.